The third-order valence-corrected chi connectivity index (χ3v) is 7.72. The van der Waals surface area contributed by atoms with E-state index in [1.807, 2.05) is 6.07 Å². The van der Waals surface area contributed by atoms with Gasteiger partial charge in [0.15, 0.2) is 11.5 Å². The summed E-state index contributed by atoms with van der Waals surface area (Å²) >= 11 is 0. The van der Waals surface area contributed by atoms with Crippen molar-refractivity contribution in [2.45, 2.75) is 31.3 Å². The van der Waals surface area contributed by atoms with Gasteiger partial charge in [0.05, 0.1) is 55.4 Å². The normalized spacial score (nSPS) is 20.2. The van der Waals surface area contributed by atoms with Gasteiger partial charge in [-0.05, 0) is 42.8 Å². The van der Waals surface area contributed by atoms with E-state index in [1.165, 1.54) is 6.20 Å². The molecule has 1 aromatic carbocycles. The molecule has 0 radical (unpaired) electrons. The number of amides is 2. The van der Waals surface area contributed by atoms with Crippen LogP contribution in [0.15, 0.2) is 48.8 Å². The van der Waals surface area contributed by atoms with E-state index in [0.717, 1.165) is 30.0 Å². The lowest BCUT2D eigenvalue weighted by atomic mass is 10.2. The van der Waals surface area contributed by atoms with Crippen LogP contribution in [-0.2, 0) is 16.0 Å². The van der Waals surface area contributed by atoms with E-state index in [1.54, 1.807) is 36.5 Å². The number of hydrogen-bond donors (Lipinski definition) is 2. The van der Waals surface area contributed by atoms with E-state index in [0.29, 0.717) is 54.5 Å². The Morgan fingerprint density at radius 3 is 2.44 bits per heavy atom. The van der Waals surface area contributed by atoms with Gasteiger partial charge in [-0.15, -0.1) is 0 Å². The number of fused-ring (bicyclic) bond motifs is 3. The smallest absolute Gasteiger partial charge is 0.378 e. The Kier molecular flexibility index (Phi) is 6.97. The summed E-state index contributed by atoms with van der Waals surface area (Å²) < 4.78 is 51.8. The predicted molar refractivity (Wildman–Crippen MR) is 152 cm³/mol. The number of rotatable bonds is 6. The molecule has 224 valence electrons. The van der Waals surface area contributed by atoms with Gasteiger partial charge < -0.3 is 29.9 Å². The molecule has 3 aliphatic rings. The van der Waals surface area contributed by atoms with Crippen LogP contribution in [0.1, 0.15) is 6.42 Å². The van der Waals surface area contributed by atoms with Crippen LogP contribution in [0.4, 0.5) is 41.0 Å². The van der Waals surface area contributed by atoms with Crippen molar-refractivity contribution in [2.75, 3.05) is 59.9 Å². The number of nitrogens with one attached hydrogen (secondary N) is 2. The number of nitrogens with zero attached hydrogens (tertiary/aromatic N) is 7. The van der Waals surface area contributed by atoms with Gasteiger partial charge >= 0.3 is 12.2 Å². The van der Waals surface area contributed by atoms with Crippen molar-refractivity contribution >= 4 is 40.1 Å². The van der Waals surface area contributed by atoms with Gasteiger partial charge in [-0.2, -0.15) is 18.3 Å². The van der Waals surface area contributed by atoms with E-state index >= 15 is 0 Å². The molecule has 15 heteroatoms. The van der Waals surface area contributed by atoms with Crippen LogP contribution < -0.4 is 20.4 Å². The van der Waals surface area contributed by atoms with Crippen molar-refractivity contribution in [3.63, 3.8) is 0 Å². The number of urea groups is 1. The van der Waals surface area contributed by atoms with Crippen LogP contribution in [0.2, 0.25) is 0 Å². The van der Waals surface area contributed by atoms with E-state index in [-0.39, 0.29) is 23.6 Å². The van der Waals surface area contributed by atoms with Crippen LogP contribution in [0.3, 0.4) is 0 Å². The first-order valence-electron chi connectivity index (χ1n) is 13.9. The fraction of sp³-hybridized carbons (Fsp3) is 0.393. The van der Waals surface area contributed by atoms with Gasteiger partial charge in [-0.1, -0.05) is 0 Å². The minimum Gasteiger partial charge on any atom is -0.378 e. The second kappa shape index (κ2) is 11.0. The maximum absolute atomic E-state index is 13.3. The van der Waals surface area contributed by atoms with Crippen LogP contribution in [0.5, 0.6) is 0 Å². The average Bonchev–Trinajstić information content (AvgIpc) is 3.74. The molecule has 4 aromatic rings. The molecule has 3 fully saturated rings. The Balaban J connectivity index is 1.09. The molecular formula is C28H28F3N9O3. The molecule has 2 atom stereocenters. The molecule has 3 aliphatic heterocycles. The second-order valence-electron chi connectivity index (χ2n) is 10.7. The first-order chi connectivity index (χ1) is 20.8. The number of aromatic nitrogens is 5. The number of carbonyl (C=O) groups excluding carboxylic acids is 1. The Hall–Kier alpha value is -4.50. The number of carbonyl (C=O) groups is 1. The first-order valence-corrected chi connectivity index (χ1v) is 13.9. The number of hydrogen-bond acceptors (Lipinski definition) is 9. The van der Waals surface area contributed by atoms with Crippen molar-refractivity contribution in [3.05, 3.63) is 48.8 Å². The molecule has 0 aliphatic carbocycles. The van der Waals surface area contributed by atoms with Crippen molar-refractivity contribution in [1.29, 1.82) is 0 Å². The SMILES string of the molecule is O=C(Nc1ccc(-c2nc(N3CC4CC3CO4)c3cnn(CC(F)(F)F)c3n2)cc1)Nc1ccc(N2CCOCC2)nc1. The quantitative estimate of drug-likeness (QED) is 0.342. The van der Waals surface area contributed by atoms with Crippen molar-refractivity contribution in [3.8, 4) is 11.4 Å². The zero-order valence-electron chi connectivity index (χ0n) is 22.9. The van der Waals surface area contributed by atoms with Gasteiger partial charge in [0.1, 0.15) is 18.2 Å². The molecule has 2 bridgehead atoms. The Morgan fingerprint density at radius 1 is 1.00 bits per heavy atom. The lowest BCUT2D eigenvalue weighted by molar-refractivity contribution is -0.141. The Bertz CT molecular complexity index is 1620. The number of morpholine rings is 2. The summed E-state index contributed by atoms with van der Waals surface area (Å²) in [5.41, 5.74) is 1.74. The number of benzene rings is 1. The number of pyridine rings is 1. The van der Waals surface area contributed by atoms with E-state index in [4.69, 9.17) is 14.5 Å². The lowest BCUT2D eigenvalue weighted by Gasteiger charge is -2.28. The third kappa shape index (κ3) is 5.77. The summed E-state index contributed by atoms with van der Waals surface area (Å²) in [5.74, 6) is 1.62. The summed E-state index contributed by atoms with van der Waals surface area (Å²) in [6.07, 6.45) is -0.559. The second-order valence-corrected chi connectivity index (χ2v) is 10.7. The van der Waals surface area contributed by atoms with E-state index < -0.39 is 18.8 Å². The standard InChI is InChI=1S/C28H28F3N9O3/c29-28(30,31)16-40-26-22(13-33-40)25(39-14-21-11-20(39)15-43-21)36-24(37-26)17-1-3-18(4-2-17)34-27(41)35-19-5-6-23(32-12-19)38-7-9-42-10-8-38/h1-6,12-13,20-21H,7-11,14-16H2,(H2,34,35,41). The molecule has 43 heavy (non-hydrogen) atoms. The summed E-state index contributed by atoms with van der Waals surface area (Å²) in [5, 5.41) is 9.99. The summed E-state index contributed by atoms with van der Waals surface area (Å²) in [4.78, 5) is 30.5. The van der Waals surface area contributed by atoms with Crippen molar-refractivity contribution in [2.24, 2.45) is 0 Å². The highest BCUT2D eigenvalue weighted by Crippen LogP contribution is 2.36. The van der Waals surface area contributed by atoms with Gasteiger partial charge in [-0.25, -0.2) is 24.4 Å². The number of ether oxygens (including phenoxy) is 2. The molecule has 6 heterocycles. The van der Waals surface area contributed by atoms with Crippen molar-refractivity contribution in [1.82, 2.24) is 24.7 Å². The molecular weight excluding hydrogens is 567 g/mol. The van der Waals surface area contributed by atoms with E-state index in [9.17, 15) is 18.0 Å². The summed E-state index contributed by atoms with van der Waals surface area (Å²) in [7, 11) is 0. The lowest BCUT2D eigenvalue weighted by Crippen LogP contribution is -2.37. The summed E-state index contributed by atoms with van der Waals surface area (Å²) in [6, 6.07) is 10.1. The third-order valence-electron chi connectivity index (χ3n) is 7.72. The van der Waals surface area contributed by atoms with Gasteiger partial charge in [0, 0.05) is 30.9 Å². The first kappa shape index (κ1) is 27.3. The topological polar surface area (TPSA) is 123 Å². The van der Waals surface area contributed by atoms with Crippen LogP contribution in [0.25, 0.3) is 22.4 Å². The van der Waals surface area contributed by atoms with E-state index in [2.05, 4.69) is 35.5 Å². The number of anilines is 4. The molecule has 3 aromatic heterocycles. The maximum atomic E-state index is 13.3. The monoisotopic (exact) mass is 595 g/mol. The van der Waals surface area contributed by atoms with Crippen LogP contribution >= 0.6 is 0 Å². The largest absolute Gasteiger partial charge is 0.408 e. The molecule has 7 rings (SSSR count). The molecule has 2 amide bonds. The fourth-order valence-electron chi connectivity index (χ4n) is 5.67. The molecule has 0 saturated carbocycles. The molecule has 0 spiro atoms. The number of alkyl halides is 3. The fourth-order valence-corrected chi connectivity index (χ4v) is 5.67. The Morgan fingerprint density at radius 2 is 1.77 bits per heavy atom. The minimum absolute atomic E-state index is 0.0682. The highest BCUT2D eigenvalue weighted by Gasteiger charge is 2.41. The van der Waals surface area contributed by atoms with Gasteiger partial charge in [-0.3, -0.25) is 0 Å². The highest BCUT2D eigenvalue weighted by atomic mass is 19.4. The molecule has 2 unspecified atom stereocenters. The average molecular weight is 596 g/mol. The highest BCUT2D eigenvalue weighted by molar-refractivity contribution is 5.99. The zero-order valence-corrected chi connectivity index (χ0v) is 22.9. The minimum atomic E-state index is -4.46. The summed E-state index contributed by atoms with van der Waals surface area (Å²) in [6.45, 7) is 2.72. The zero-order chi connectivity index (χ0) is 29.6. The van der Waals surface area contributed by atoms with Gasteiger partial charge in [0.2, 0.25) is 0 Å². The van der Waals surface area contributed by atoms with Gasteiger partial charge in [0.25, 0.3) is 0 Å². The van der Waals surface area contributed by atoms with Crippen LogP contribution in [0, 0.1) is 0 Å². The van der Waals surface area contributed by atoms with Crippen LogP contribution in [-0.4, -0.2) is 88.5 Å². The van der Waals surface area contributed by atoms with Crippen molar-refractivity contribution < 1.29 is 27.4 Å². The molecule has 12 nitrogen and oxygen atoms in total. The number of halogens is 3. The predicted octanol–water partition coefficient (Wildman–Crippen LogP) is 3.91. The molecule has 3 saturated heterocycles. The Labute approximate surface area is 243 Å². The maximum Gasteiger partial charge on any atom is 0.408 e. The molecule has 2 N–H and O–H groups in total.